The summed E-state index contributed by atoms with van der Waals surface area (Å²) in [6, 6.07) is 4.96. The molecule has 0 bridgehead atoms. The molecule has 2 atom stereocenters. The van der Waals surface area contributed by atoms with Crippen LogP contribution in [0.2, 0.25) is 0 Å². The third kappa shape index (κ3) is 3.71. The maximum Gasteiger partial charge on any atom is 0.326 e. The molecule has 2 unspecified atom stereocenters. The molecule has 0 radical (unpaired) electrons. The molecule has 1 saturated heterocycles. The van der Waals surface area contributed by atoms with Crippen LogP contribution in [0.3, 0.4) is 0 Å². The zero-order chi connectivity index (χ0) is 15.4. The van der Waals surface area contributed by atoms with E-state index in [0.29, 0.717) is 13.0 Å². The summed E-state index contributed by atoms with van der Waals surface area (Å²) in [5.74, 6) is -1.74. The number of para-hydroxylation sites is 1. The van der Waals surface area contributed by atoms with Gasteiger partial charge in [0.1, 0.15) is 6.04 Å². The average molecular weight is 295 g/mol. The topological polar surface area (TPSA) is 66.8 Å². The highest BCUT2D eigenvalue weighted by Gasteiger charge is 2.34. The Hall–Kier alpha value is -2.11. The van der Waals surface area contributed by atoms with E-state index in [2.05, 4.69) is 0 Å². The number of halogens is 1. The van der Waals surface area contributed by atoms with Gasteiger partial charge in [-0.1, -0.05) is 19.1 Å². The minimum absolute atomic E-state index is 0.0110. The molecule has 114 valence electrons. The Labute approximate surface area is 122 Å². The van der Waals surface area contributed by atoms with Gasteiger partial charge >= 0.3 is 5.97 Å². The molecule has 0 aliphatic carbocycles. The molecule has 1 N–H and O–H groups in total. The van der Waals surface area contributed by atoms with Crippen LogP contribution in [0, 0.1) is 11.7 Å². The van der Waals surface area contributed by atoms with Crippen LogP contribution < -0.4 is 4.74 Å². The fourth-order valence-corrected chi connectivity index (χ4v) is 2.46. The summed E-state index contributed by atoms with van der Waals surface area (Å²) >= 11 is 0. The van der Waals surface area contributed by atoms with Crippen molar-refractivity contribution in [3.8, 4) is 5.75 Å². The molecule has 0 saturated carbocycles. The van der Waals surface area contributed by atoms with Crippen LogP contribution in [0.1, 0.15) is 19.8 Å². The Morgan fingerprint density at radius 2 is 2.14 bits per heavy atom. The maximum atomic E-state index is 13.4. The quantitative estimate of drug-likeness (QED) is 0.921. The van der Waals surface area contributed by atoms with Crippen molar-refractivity contribution < 1.29 is 23.8 Å². The zero-order valence-corrected chi connectivity index (χ0v) is 11.8. The van der Waals surface area contributed by atoms with Crippen LogP contribution in [0.15, 0.2) is 24.3 Å². The Balaban J connectivity index is 1.99. The molecular weight excluding hydrogens is 277 g/mol. The maximum absolute atomic E-state index is 13.4. The second-order valence-electron chi connectivity index (χ2n) is 5.29. The van der Waals surface area contributed by atoms with E-state index in [9.17, 15) is 19.1 Å². The monoisotopic (exact) mass is 295 g/mol. The van der Waals surface area contributed by atoms with Gasteiger partial charge in [-0.05, 0) is 30.9 Å². The first-order chi connectivity index (χ1) is 9.99. The van der Waals surface area contributed by atoms with Crippen LogP contribution in [-0.2, 0) is 9.59 Å². The van der Waals surface area contributed by atoms with Gasteiger partial charge in [-0.2, -0.15) is 0 Å². The highest BCUT2D eigenvalue weighted by atomic mass is 19.1. The fraction of sp³-hybridized carbons (Fsp3) is 0.467. The number of rotatable bonds is 4. The lowest BCUT2D eigenvalue weighted by Gasteiger charge is -2.35. The van der Waals surface area contributed by atoms with E-state index >= 15 is 0 Å². The van der Waals surface area contributed by atoms with Crippen molar-refractivity contribution in [1.82, 2.24) is 4.90 Å². The number of carboxylic acids is 1. The molecule has 1 aromatic carbocycles. The van der Waals surface area contributed by atoms with Crippen molar-refractivity contribution in [2.45, 2.75) is 25.8 Å². The van der Waals surface area contributed by atoms with Gasteiger partial charge < -0.3 is 14.7 Å². The molecule has 1 aromatic rings. The normalized spacial score (nSPS) is 21.9. The van der Waals surface area contributed by atoms with E-state index in [0.717, 1.165) is 6.42 Å². The van der Waals surface area contributed by atoms with Crippen molar-refractivity contribution in [1.29, 1.82) is 0 Å². The molecule has 1 heterocycles. The zero-order valence-electron chi connectivity index (χ0n) is 11.8. The Bertz CT molecular complexity index is 534. The third-order valence-electron chi connectivity index (χ3n) is 3.66. The Kier molecular flexibility index (Phi) is 4.77. The number of carbonyl (C=O) groups is 2. The molecule has 2 rings (SSSR count). The first-order valence-electron chi connectivity index (χ1n) is 6.88. The van der Waals surface area contributed by atoms with Crippen molar-refractivity contribution in [2.75, 3.05) is 13.2 Å². The van der Waals surface area contributed by atoms with Crippen LogP contribution in [0.25, 0.3) is 0 Å². The van der Waals surface area contributed by atoms with Gasteiger partial charge in [0.05, 0.1) is 0 Å². The number of hydrogen-bond donors (Lipinski definition) is 1. The van der Waals surface area contributed by atoms with Gasteiger partial charge in [0, 0.05) is 6.54 Å². The first kappa shape index (κ1) is 15.3. The lowest BCUT2D eigenvalue weighted by Crippen LogP contribution is -2.51. The van der Waals surface area contributed by atoms with Crippen LogP contribution in [0.4, 0.5) is 4.39 Å². The van der Waals surface area contributed by atoms with E-state index in [1.54, 1.807) is 6.07 Å². The van der Waals surface area contributed by atoms with Crippen LogP contribution in [-0.4, -0.2) is 41.1 Å². The number of benzene rings is 1. The standard InChI is InChI=1S/C15H18FNO4/c1-10-6-7-17(12(8-10)15(19)20)14(18)9-21-13-5-3-2-4-11(13)16/h2-5,10,12H,6-9H2,1H3,(H,19,20). The number of likely N-dealkylation sites (tertiary alicyclic amines) is 1. The van der Waals surface area contributed by atoms with Crippen molar-refractivity contribution >= 4 is 11.9 Å². The number of ether oxygens (including phenoxy) is 1. The van der Waals surface area contributed by atoms with Gasteiger partial charge in [-0.3, -0.25) is 4.79 Å². The molecule has 1 amide bonds. The number of amides is 1. The van der Waals surface area contributed by atoms with Crippen molar-refractivity contribution in [3.05, 3.63) is 30.1 Å². The Morgan fingerprint density at radius 1 is 1.43 bits per heavy atom. The summed E-state index contributed by atoms with van der Waals surface area (Å²) < 4.78 is 18.5. The molecular formula is C15H18FNO4. The highest BCUT2D eigenvalue weighted by Crippen LogP contribution is 2.23. The van der Waals surface area contributed by atoms with E-state index in [1.807, 2.05) is 6.92 Å². The average Bonchev–Trinajstić information content (AvgIpc) is 2.46. The van der Waals surface area contributed by atoms with Crippen LogP contribution >= 0.6 is 0 Å². The smallest absolute Gasteiger partial charge is 0.326 e. The molecule has 1 aliphatic heterocycles. The second-order valence-corrected chi connectivity index (χ2v) is 5.29. The van der Waals surface area contributed by atoms with E-state index in [-0.39, 0.29) is 18.3 Å². The summed E-state index contributed by atoms with van der Waals surface area (Å²) in [6.07, 6.45) is 1.19. The molecule has 1 fully saturated rings. The number of hydrogen-bond acceptors (Lipinski definition) is 3. The van der Waals surface area contributed by atoms with Gasteiger partial charge in [0.2, 0.25) is 0 Å². The second kappa shape index (κ2) is 6.56. The molecule has 0 spiro atoms. The van der Waals surface area contributed by atoms with Gasteiger partial charge in [-0.25, -0.2) is 9.18 Å². The van der Waals surface area contributed by atoms with Crippen LogP contribution in [0.5, 0.6) is 5.75 Å². The minimum Gasteiger partial charge on any atom is -0.481 e. The number of carbonyl (C=O) groups excluding carboxylic acids is 1. The molecule has 1 aliphatic rings. The molecule has 5 nitrogen and oxygen atoms in total. The molecule has 21 heavy (non-hydrogen) atoms. The minimum atomic E-state index is -1.01. The van der Waals surface area contributed by atoms with Gasteiger partial charge in [0.25, 0.3) is 5.91 Å². The largest absolute Gasteiger partial charge is 0.481 e. The summed E-state index contributed by atoms with van der Waals surface area (Å²) in [6.45, 7) is 1.99. The number of carboxylic acid groups (broad SMARTS) is 1. The highest BCUT2D eigenvalue weighted by molar-refractivity contribution is 5.84. The fourth-order valence-electron chi connectivity index (χ4n) is 2.46. The van der Waals surface area contributed by atoms with E-state index in [4.69, 9.17) is 4.74 Å². The Morgan fingerprint density at radius 3 is 2.81 bits per heavy atom. The first-order valence-corrected chi connectivity index (χ1v) is 6.88. The van der Waals surface area contributed by atoms with E-state index in [1.165, 1.54) is 23.1 Å². The summed E-state index contributed by atoms with van der Waals surface area (Å²) in [5.41, 5.74) is 0. The third-order valence-corrected chi connectivity index (χ3v) is 3.66. The van der Waals surface area contributed by atoms with Gasteiger partial charge in [0.15, 0.2) is 18.2 Å². The SMILES string of the molecule is CC1CCN(C(=O)COc2ccccc2F)C(C(=O)O)C1. The van der Waals surface area contributed by atoms with Crippen molar-refractivity contribution in [2.24, 2.45) is 5.92 Å². The molecule has 6 heteroatoms. The molecule has 0 aromatic heterocycles. The lowest BCUT2D eigenvalue weighted by atomic mass is 9.92. The lowest BCUT2D eigenvalue weighted by molar-refractivity contribution is -0.153. The summed E-state index contributed by atoms with van der Waals surface area (Å²) in [7, 11) is 0. The summed E-state index contributed by atoms with van der Waals surface area (Å²) in [4.78, 5) is 24.7. The van der Waals surface area contributed by atoms with E-state index < -0.39 is 23.7 Å². The number of piperidine rings is 1. The van der Waals surface area contributed by atoms with Crippen molar-refractivity contribution in [3.63, 3.8) is 0 Å². The summed E-state index contributed by atoms with van der Waals surface area (Å²) in [5, 5.41) is 9.21. The predicted molar refractivity (Wildman–Crippen MR) is 73.4 cm³/mol. The predicted octanol–water partition coefficient (Wildman–Crippen LogP) is 1.92. The number of aliphatic carboxylic acids is 1. The van der Waals surface area contributed by atoms with Gasteiger partial charge in [-0.15, -0.1) is 0 Å². The number of nitrogens with zero attached hydrogens (tertiary/aromatic N) is 1.